The van der Waals surface area contributed by atoms with Crippen molar-refractivity contribution in [2.45, 2.75) is 72.3 Å². The van der Waals surface area contributed by atoms with Gasteiger partial charge in [-0.2, -0.15) is 0 Å². The minimum Gasteiger partial charge on any atom is -0.466 e. The molecule has 0 unspecified atom stereocenters. The van der Waals surface area contributed by atoms with Gasteiger partial charge in [-0.15, -0.1) is 0 Å². The van der Waals surface area contributed by atoms with Gasteiger partial charge in [0.25, 0.3) is 0 Å². The molecule has 0 aliphatic heterocycles. The monoisotopic (exact) mass is 332 g/mol. The summed E-state index contributed by atoms with van der Waals surface area (Å²) in [5.41, 5.74) is -1.41. The third-order valence-corrected chi connectivity index (χ3v) is 2.06. The molecule has 8 nitrogen and oxygen atoms in total. The smallest absolute Gasteiger partial charge is 0.409 e. The second-order valence-corrected chi connectivity index (χ2v) is 6.85. The molecular formula is C15H28N2O6. The Morgan fingerprint density at radius 2 is 1.26 bits per heavy atom. The highest BCUT2D eigenvalue weighted by molar-refractivity contribution is 5.75. The molecule has 0 rings (SSSR count). The molecule has 0 aromatic carbocycles. The van der Waals surface area contributed by atoms with Crippen molar-refractivity contribution in [2.75, 3.05) is 6.61 Å². The van der Waals surface area contributed by atoms with E-state index in [2.05, 4.69) is 10.6 Å². The third-order valence-electron chi connectivity index (χ3n) is 2.06. The summed E-state index contributed by atoms with van der Waals surface area (Å²) in [7, 11) is 0. The van der Waals surface area contributed by atoms with Gasteiger partial charge < -0.3 is 24.8 Å². The summed E-state index contributed by atoms with van der Waals surface area (Å²) < 4.78 is 15.0. The Morgan fingerprint density at radius 3 is 1.57 bits per heavy atom. The lowest BCUT2D eigenvalue weighted by Crippen LogP contribution is -2.51. The zero-order valence-electron chi connectivity index (χ0n) is 14.9. The molecule has 0 aromatic heterocycles. The summed E-state index contributed by atoms with van der Waals surface area (Å²) in [5, 5.41) is 4.81. The van der Waals surface area contributed by atoms with E-state index in [-0.39, 0.29) is 13.0 Å². The molecule has 23 heavy (non-hydrogen) atoms. The van der Waals surface area contributed by atoms with Crippen molar-refractivity contribution in [1.29, 1.82) is 0 Å². The number of rotatable bonds is 5. The van der Waals surface area contributed by atoms with E-state index >= 15 is 0 Å². The topological polar surface area (TPSA) is 103 Å². The van der Waals surface area contributed by atoms with Crippen LogP contribution < -0.4 is 10.6 Å². The van der Waals surface area contributed by atoms with Crippen LogP contribution in [0.25, 0.3) is 0 Å². The fraction of sp³-hybridized carbons (Fsp3) is 0.800. The van der Waals surface area contributed by atoms with E-state index in [1.807, 2.05) is 0 Å². The molecular weight excluding hydrogens is 304 g/mol. The van der Waals surface area contributed by atoms with Crippen LogP contribution in [0.4, 0.5) is 9.59 Å². The maximum absolute atomic E-state index is 11.8. The zero-order valence-corrected chi connectivity index (χ0v) is 14.9. The van der Waals surface area contributed by atoms with Crippen LogP contribution in [0.5, 0.6) is 0 Å². The fourth-order valence-electron chi connectivity index (χ4n) is 1.42. The van der Waals surface area contributed by atoms with Gasteiger partial charge >= 0.3 is 18.2 Å². The summed E-state index contributed by atoms with van der Waals surface area (Å²) in [6, 6.07) is 0. The van der Waals surface area contributed by atoms with Crippen molar-refractivity contribution in [1.82, 2.24) is 10.6 Å². The van der Waals surface area contributed by atoms with Gasteiger partial charge in [0.1, 0.15) is 17.4 Å². The molecule has 0 saturated carbocycles. The first-order valence-corrected chi connectivity index (χ1v) is 7.47. The molecule has 0 aliphatic carbocycles. The molecule has 0 bridgehead atoms. The number of esters is 1. The Hall–Kier alpha value is -1.99. The van der Waals surface area contributed by atoms with Crippen LogP contribution in [0, 0.1) is 0 Å². The van der Waals surface area contributed by atoms with E-state index in [4.69, 9.17) is 14.2 Å². The van der Waals surface area contributed by atoms with Gasteiger partial charge in [0.15, 0.2) is 0 Å². The van der Waals surface area contributed by atoms with Crippen LogP contribution >= 0.6 is 0 Å². The minimum absolute atomic E-state index is 0.199. The Kier molecular flexibility index (Phi) is 7.85. The molecule has 2 N–H and O–H groups in total. The molecule has 8 heteroatoms. The average Bonchev–Trinajstić information content (AvgIpc) is 2.22. The number of carbonyl (C=O) groups excluding carboxylic acids is 3. The van der Waals surface area contributed by atoms with Crippen LogP contribution in [0.15, 0.2) is 0 Å². The number of ether oxygens (including phenoxy) is 3. The predicted octanol–water partition coefficient (Wildman–Crippen LogP) is 2.32. The van der Waals surface area contributed by atoms with E-state index in [0.717, 1.165) is 0 Å². The molecule has 0 atom stereocenters. The lowest BCUT2D eigenvalue weighted by molar-refractivity contribution is -0.143. The van der Waals surface area contributed by atoms with Crippen LogP contribution in [-0.4, -0.2) is 42.1 Å². The van der Waals surface area contributed by atoms with Crippen molar-refractivity contribution in [2.24, 2.45) is 0 Å². The first kappa shape index (κ1) is 21.0. The molecule has 2 amide bonds. The zero-order chi connectivity index (χ0) is 18.3. The van der Waals surface area contributed by atoms with Crippen LogP contribution in [-0.2, 0) is 19.0 Å². The van der Waals surface area contributed by atoms with E-state index in [1.165, 1.54) is 0 Å². The number of hydrogen-bond acceptors (Lipinski definition) is 6. The highest BCUT2D eigenvalue weighted by atomic mass is 16.6. The quantitative estimate of drug-likeness (QED) is 0.455. The number of amides is 2. The molecule has 0 aromatic rings. The van der Waals surface area contributed by atoms with Gasteiger partial charge in [0.2, 0.25) is 0 Å². The van der Waals surface area contributed by atoms with Gasteiger partial charge in [-0.1, -0.05) is 0 Å². The molecule has 0 fully saturated rings. The van der Waals surface area contributed by atoms with Crippen molar-refractivity contribution in [3.63, 3.8) is 0 Å². The summed E-state index contributed by atoms with van der Waals surface area (Å²) in [6.45, 7) is 12.1. The van der Waals surface area contributed by atoms with Gasteiger partial charge in [-0.05, 0) is 48.5 Å². The molecule has 134 valence electrons. The molecule has 0 heterocycles. The Bertz CT molecular complexity index is 393. The summed E-state index contributed by atoms with van der Waals surface area (Å²) >= 11 is 0. The summed E-state index contributed by atoms with van der Waals surface area (Å²) in [4.78, 5) is 35.2. The number of carbonyl (C=O) groups is 3. The number of hydrogen-bond donors (Lipinski definition) is 2. The SMILES string of the molecule is CCOC(=O)CC(NC(=O)OC(C)(C)C)NC(=O)OC(C)(C)C. The van der Waals surface area contributed by atoms with E-state index < -0.39 is 35.5 Å². The van der Waals surface area contributed by atoms with Crippen molar-refractivity contribution in [3.8, 4) is 0 Å². The van der Waals surface area contributed by atoms with Crippen LogP contribution in [0.1, 0.15) is 54.9 Å². The molecule has 0 saturated heterocycles. The van der Waals surface area contributed by atoms with E-state index in [1.54, 1.807) is 48.5 Å². The molecule has 0 aliphatic rings. The first-order chi connectivity index (χ1) is 10.3. The minimum atomic E-state index is -1.00. The van der Waals surface area contributed by atoms with Crippen LogP contribution in [0.3, 0.4) is 0 Å². The van der Waals surface area contributed by atoms with E-state index in [0.29, 0.717) is 0 Å². The summed E-state index contributed by atoms with van der Waals surface area (Å²) in [6.07, 6.45) is -2.77. The summed E-state index contributed by atoms with van der Waals surface area (Å²) in [5.74, 6) is -0.565. The van der Waals surface area contributed by atoms with Crippen LogP contribution in [0.2, 0.25) is 0 Å². The molecule has 0 spiro atoms. The molecule has 0 radical (unpaired) electrons. The lowest BCUT2D eigenvalue weighted by Gasteiger charge is -2.25. The lowest BCUT2D eigenvalue weighted by atomic mass is 10.2. The Morgan fingerprint density at radius 1 is 0.870 bits per heavy atom. The normalized spacial score (nSPS) is 11.7. The largest absolute Gasteiger partial charge is 0.466 e. The van der Waals surface area contributed by atoms with Gasteiger partial charge in [0.05, 0.1) is 13.0 Å². The average molecular weight is 332 g/mol. The van der Waals surface area contributed by atoms with Gasteiger partial charge in [0, 0.05) is 0 Å². The van der Waals surface area contributed by atoms with Crippen molar-refractivity contribution in [3.05, 3.63) is 0 Å². The Balaban J connectivity index is 4.77. The number of alkyl carbamates (subject to hydrolysis) is 2. The second-order valence-electron chi connectivity index (χ2n) is 6.85. The fourth-order valence-corrected chi connectivity index (χ4v) is 1.42. The maximum atomic E-state index is 11.8. The van der Waals surface area contributed by atoms with Gasteiger partial charge in [-0.3, -0.25) is 4.79 Å². The standard InChI is InChI=1S/C15H28N2O6/c1-8-21-11(18)9-10(16-12(19)22-14(2,3)4)17-13(20)23-15(5,6)7/h10H,8-9H2,1-7H3,(H,16,19)(H,17,20). The third kappa shape index (κ3) is 12.3. The van der Waals surface area contributed by atoms with E-state index in [9.17, 15) is 14.4 Å². The van der Waals surface area contributed by atoms with Crippen molar-refractivity contribution >= 4 is 18.2 Å². The number of nitrogens with one attached hydrogen (secondary N) is 2. The second kappa shape index (κ2) is 8.59. The van der Waals surface area contributed by atoms with Gasteiger partial charge in [-0.25, -0.2) is 9.59 Å². The highest BCUT2D eigenvalue weighted by Gasteiger charge is 2.25. The Labute approximate surface area is 137 Å². The predicted molar refractivity (Wildman–Crippen MR) is 83.8 cm³/mol. The maximum Gasteiger partial charge on any atom is 0.409 e. The van der Waals surface area contributed by atoms with Crippen molar-refractivity contribution < 1.29 is 28.6 Å². The first-order valence-electron chi connectivity index (χ1n) is 7.47. The highest BCUT2D eigenvalue weighted by Crippen LogP contribution is 2.09.